The summed E-state index contributed by atoms with van der Waals surface area (Å²) in [7, 11) is -2.38. The van der Waals surface area contributed by atoms with Gasteiger partial charge in [0.1, 0.15) is 0 Å². The van der Waals surface area contributed by atoms with E-state index >= 15 is 0 Å². The minimum absolute atomic E-state index is 0.00201. The Hall–Kier alpha value is -3.53. The lowest BCUT2D eigenvalue weighted by Crippen LogP contribution is -2.47. The Morgan fingerprint density at radius 3 is 2.39 bits per heavy atom. The van der Waals surface area contributed by atoms with Gasteiger partial charge in [-0.15, -0.1) is 0 Å². The van der Waals surface area contributed by atoms with Crippen LogP contribution in [-0.4, -0.2) is 46.5 Å². The Kier molecular flexibility index (Phi) is 7.59. The van der Waals surface area contributed by atoms with E-state index in [1.807, 2.05) is 6.92 Å². The smallest absolute Gasteiger partial charge is 0.338 e. The molecule has 1 aliphatic heterocycles. The highest BCUT2D eigenvalue weighted by Gasteiger charge is 2.36. The Balaban J connectivity index is 2.11. The molecule has 1 aliphatic rings. The summed E-state index contributed by atoms with van der Waals surface area (Å²) < 4.78 is 42.1. The second-order valence-electron chi connectivity index (χ2n) is 7.06. The summed E-state index contributed by atoms with van der Waals surface area (Å²) in [6, 6.07) is 11.2. The van der Waals surface area contributed by atoms with Crippen molar-refractivity contribution in [1.29, 1.82) is 0 Å². The van der Waals surface area contributed by atoms with Crippen LogP contribution < -0.4 is 20.1 Å². The second kappa shape index (κ2) is 10.4. The normalized spacial score (nSPS) is 16.0. The fourth-order valence-electron chi connectivity index (χ4n) is 3.47. The van der Waals surface area contributed by atoms with Crippen molar-refractivity contribution in [2.24, 2.45) is 0 Å². The number of hydrogen-bond donors (Lipinski definition) is 2. The van der Waals surface area contributed by atoms with E-state index in [4.69, 9.17) is 14.2 Å². The van der Waals surface area contributed by atoms with E-state index in [9.17, 15) is 18.0 Å². The largest absolute Gasteiger partial charge is 0.493 e. The van der Waals surface area contributed by atoms with Crippen molar-refractivity contribution in [3.05, 3.63) is 65.4 Å². The van der Waals surface area contributed by atoms with Crippen LogP contribution in [0.4, 0.5) is 4.79 Å². The summed E-state index contributed by atoms with van der Waals surface area (Å²) in [5, 5.41) is 5.17. The third-order valence-electron chi connectivity index (χ3n) is 4.91. The summed E-state index contributed by atoms with van der Waals surface area (Å²) in [5.41, 5.74) is 0.462. The van der Waals surface area contributed by atoms with Crippen LogP contribution in [0.15, 0.2) is 64.7 Å². The van der Waals surface area contributed by atoms with Gasteiger partial charge >= 0.3 is 12.0 Å². The molecule has 1 heterocycles. The van der Waals surface area contributed by atoms with E-state index in [1.165, 1.54) is 19.2 Å². The van der Waals surface area contributed by atoms with Crippen molar-refractivity contribution in [2.75, 3.05) is 26.1 Å². The molecular weight excluding hydrogens is 448 g/mol. The van der Waals surface area contributed by atoms with Gasteiger partial charge in [0, 0.05) is 5.70 Å². The Bertz CT molecular complexity index is 1160. The molecule has 1 atom stereocenters. The highest BCUT2D eigenvalue weighted by atomic mass is 32.2. The maximum Gasteiger partial charge on any atom is 0.338 e. The first-order chi connectivity index (χ1) is 15.8. The molecule has 2 aromatic carbocycles. The lowest BCUT2D eigenvalue weighted by atomic mass is 9.95. The average molecular weight is 475 g/mol. The van der Waals surface area contributed by atoms with E-state index < -0.39 is 33.6 Å². The molecule has 0 saturated carbocycles. The summed E-state index contributed by atoms with van der Waals surface area (Å²) in [6.45, 7) is 3.98. The number of rotatable bonds is 9. The van der Waals surface area contributed by atoms with Gasteiger partial charge in [-0.2, -0.15) is 0 Å². The number of carbonyl (C=O) groups excluding carboxylic acids is 2. The number of sulfone groups is 1. The second-order valence-corrected chi connectivity index (χ2v) is 9.05. The minimum Gasteiger partial charge on any atom is -0.493 e. The fourth-order valence-corrected chi connectivity index (χ4v) is 4.82. The van der Waals surface area contributed by atoms with Crippen molar-refractivity contribution in [3.63, 3.8) is 0 Å². The number of nitrogens with one attached hydrogen (secondary N) is 2. The first kappa shape index (κ1) is 24.1. The van der Waals surface area contributed by atoms with Crippen LogP contribution in [0.1, 0.15) is 25.5 Å². The number of esters is 1. The summed E-state index contributed by atoms with van der Waals surface area (Å²) in [4.78, 5) is 25.5. The van der Waals surface area contributed by atoms with E-state index in [2.05, 4.69) is 10.6 Å². The SMILES string of the molecule is CCOC(=O)C1=C(CS(=O)(=O)c2ccccc2)NC(=O)NC1c1ccc(OCC)c(OC)c1. The number of amides is 2. The highest BCUT2D eigenvalue weighted by molar-refractivity contribution is 7.91. The predicted molar refractivity (Wildman–Crippen MR) is 121 cm³/mol. The van der Waals surface area contributed by atoms with Gasteiger partial charge in [0.2, 0.25) is 0 Å². The van der Waals surface area contributed by atoms with Gasteiger partial charge in [0.15, 0.2) is 21.3 Å². The van der Waals surface area contributed by atoms with Crippen LogP contribution in [0.3, 0.4) is 0 Å². The third kappa shape index (κ3) is 5.46. The van der Waals surface area contributed by atoms with E-state index in [0.717, 1.165) is 0 Å². The molecule has 2 N–H and O–H groups in total. The van der Waals surface area contributed by atoms with Crippen molar-refractivity contribution in [2.45, 2.75) is 24.8 Å². The number of ether oxygens (including phenoxy) is 3. The van der Waals surface area contributed by atoms with Crippen LogP contribution in [-0.2, 0) is 19.4 Å². The summed E-state index contributed by atoms with van der Waals surface area (Å²) in [6.07, 6.45) is 0. The van der Waals surface area contributed by atoms with Gasteiger partial charge in [-0.25, -0.2) is 18.0 Å². The zero-order chi connectivity index (χ0) is 24.0. The number of carbonyl (C=O) groups is 2. The molecule has 0 saturated heterocycles. The van der Waals surface area contributed by atoms with Crippen LogP contribution in [0.25, 0.3) is 0 Å². The van der Waals surface area contributed by atoms with E-state index in [0.29, 0.717) is 23.7 Å². The molecule has 176 valence electrons. The fraction of sp³-hybridized carbons (Fsp3) is 0.304. The molecule has 0 bridgehead atoms. The molecule has 2 amide bonds. The van der Waals surface area contributed by atoms with E-state index in [1.54, 1.807) is 43.3 Å². The van der Waals surface area contributed by atoms with Gasteiger partial charge in [-0.1, -0.05) is 24.3 Å². The number of hydrogen-bond acceptors (Lipinski definition) is 7. The quantitative estimate of drug-likeness (QED) is 0.536. The van der Waals surface area contributed by atoms with Gasteiger partial charge < -0.3 is 24.8 Å². The molecule has 0 spiro atoms. The highest BCUT2D eigenvalue weighted by Crippen LogP contribution is 2.35. The maximum absolute atomic E-state index is 13.0. The zero-order valence-electron chi connectivity index (χ0n) is 18.6. The van der Waals surface area contributed by atoms with Gasteiger partial charge in [0.25, 0.3) is 0 Å². The Morgan fingerprint density at radius 1 is 1.03 bits per heavy atom. The molecule has 0 aromatic heterocycles. The number of methoxy groups -OCH3 is 1. The standard InChI is InChI=1S/C23H26N2O7S/c1-4-31-18-12-11-15(13-19(18)30-3)21-20(22(26)32-5-2)17(24-23(27)25-21)14-33(28,29)16-9-7-6-8-10-16/h6-13,21H,4-5,14H2,1-3H3,(H2,24,25,27). The first-order valence-corrected chi connectivity index (χ1v) is 12.0. The monoisotopic (exact) mass is 474 g/mol. The van der Waals surface area contributed by atoms with Crippen molar-refractivity contribution in [1.82, 2.24) is 10.6 Å². The maximum atomic E-state index is 13.0. The lowest BCUT2D eigenvalue weighted by Gasteiger charge is -2.29. The topological polar surface area (TPSA) is 120 Å². The van der Waals surface area contributed by atoms with Crippen molar-refractivity contribution >= 4 is 21.8 Å². The van der Waals surface area contributed by atoms with E-state index in [-0.39, 0.29) is 22.8 Å². The van der Waals surface area contributed by atoms with Gasteiger partial charge in [0.05, 0.1) is 42.6 Å². The average Bonchev–Trinajstić information content (AvgIpc) is 2.79. The molecule has 1 unspecified atom stereocenters. The molecular formula is C23H26N2O7S. The van der Waals surface area contributed by atoms with Crippen molar-refractivity contribution in [3.8, 4) is 11.5 Å². The number of urea groups is 1. The molecule has 10 heteroatoms. The molecule has 0 radical (unpaired) electrons. The third-order valence-corrected chi connectivity index (χ3v) is 6.57. The predicted octanol–water partition coefficient (Wildman–Crippen LogP) is 2.74. The summed E-state index contributed by atoms with van der Waals surface area (Å²) in [5.74, 6) is -0.411. The first-order valence-electron chi connectivity index (χ1n) is 10.4. The van der Waals surface area contributed by atoms with Crippen LogP contribution >= 0.6 is 0 Å². The Labute approximate surface area is 192 Å². The Morgan fingerprint density at radius 2 is 1.76 bits per heavy atom. The molecule has 33 heavy (non-hydrogen) atoms. The van der Waals surface area contributed by atoms with Gasteiger partial charge in [-0.05, 0) is 43.7 Å². The van der Waals surface area contributed by atoms with Crippen LogP contribution in [0.5, 0.6) is 11.5 Å². The molecule has 2 aromatic rings. The number of benzene rings is 2. The van der Waals surface area contributed by atoms with Gasteiger partial charge in [-0.3, -0.25) is 0 Å². The van der Waals surface area contributed by atoms with Crippen LogP contribution in [0, 0.1) is 0 Å². The lowest BCUT2D eigenvalue weighted by molar-refractivity contribution is -0.139. The summed E-state index contributed by atoms with van der Waals surface area (Å²) >= 11 is 0. The van der Waals surface area contributed by atoms with Crippen LogP contribution in [0.2, 0.25) is 0 Å². The minimum atomic E-state index is -3.85. The molecule has 0 aliphatic carbocycles. The molecule has 3 rings (SSSR count). The van der Waals surface area contributed by atoms with Crippen molar-refractivity contribution < 1.29 is 32.2 Å². The molecule has 9 nitrogen and oxygen atoms in total. The molecule has 0 fully saturated rings. The zero-order valence-corrected chi connectivity index (χ0v) is 19.4.